The lowest BCUT2D eigenvalue weighted by Crippen LogP contribution is -2.02. The highest BCUT2D eigenvalue weighted by atomic mass is 79.9. The van der Waals surface area contributed by atoms with Crippen molar-refractivity contribution in [1.82, 2.24) is 4.98 Å². The van der Waals surface area contributed by atoms with Crippen LogP contribution in [-0.2, 0) is 6.42 Å². The third-order valence-corrected chi connectivity index (χ3v) is 4.31. The zero-order valence-corrected chi connectivity index (χ0v) is 12.8. The number of nitrogens with zero attached hydrogens (tertiary/aromatic N) is 1. The van der Waals surface area contributed by atoms with Gasteiger partial charge in [0.15, 0.2) is 10.5 Å². The summed E-state index contributed by atoms with van der Waals surface area (Å²) in [5.74, 6) is -0.000383. The number of benzene rings is 1. The van der Waals surface area contributed by atoms with Crippen LogP contribution in [0.2, 0.25) is 0 Å². The molecule has 1 aromatic carbocycles. The molecule has 3 nitrogen and oxygen atoms in total. The van der Waals surface area contributed by atoms with Crippen LogP contribution < -0.4 is 0 Å². The number of thiazole rings is 1. The molecule has 100 valence electrons. The van der Waals surface area contributed by atoms with Crippen molar-refractivity contribution in [3.05, 3.63) is 63.3 Å². The Morgan fingerprint density at radius 2 is 2.05 bits per heavy atom. The second-order valence-electron chi connectivity index (χ2n) is 4.20. The zero-order chi connectivity index (χ0) is 13.9. The summed E-state index contributed by atoms with van der Waals surface area (Å²) in [5, 5.41) is 2.78. The first-order valence-electron chi connectivity index (χ1n) is 6.00. The lowest BCUT2D eigenvalue weighted by atomic mass is 10.1. The van der Waals surface area contributed by atoms with Gasteiger partial charge in [0.25, 0.3) is 0 Å². The van der Waals surface area contributed by atoms with Gasteiger partial charge in [-0.2, -0.15) is 0 Å². The summed E-state index contributed by atoms with van der Waals surface area (Å²) in [6.45, 7) is 0. The van der Waals surface area contributed by atoms with Crippen molar-refractivity contribution in [3.8, 4) is 11.3 Å². The molecule has 0 aliphatic rings. The molecule has 0 N–H and O–H groups in total. The number of hydrogen-bond acceptors (Lipinski definition) is 4. The molecule has 0 saturated heterocycles. The molecule has 3 aromatic rings. The van der Waals surface area contributed by atoms with Crippen LogP contribution in [0.15, 0.2) is 57.1 Å². The molecule has 0 radical (unpaired) electrons. The summed E-state index contributed by atoms with van der Waals surface area (Å²) in [6, 6.07) is 11.6. The number of aromatic nitrogens is 1. The molecule has 0 aliphatic carbocycles. The van der Waals surface area contributed by atoms with Crippen molar-refractivity contribution in [2.75, 3.05) is 0 Å². The Morgan fingerprint density at radius 1 is 1.25 bits per heavy atom. The van der Waals surface area contributed by atoms with Gasteiger partial charge < -0.3 is 4.42 Å². The summed E-state index contributed by atoms with van der Waals surface area (Å²) in [7, 11) is 0. The third kappa shape index (κ3) is 2.73. The van der Waals surface area contributed by atoms with E-state index in [4.69, 9.17) is 4.42 Å². The van der Waals surface area contributed by atoms with Crippen LogP contribution in [0.3, 0.4) is 0 Å². The van der Waals surface area contributed by atoms with E-state index in [0.717, 1.165) is 16.3 Å². The fourth-order valence-electron chi connectivity index (χ4n) is 1.86. The average molecular weight is 348 g/mol. The lowest BCUT2D eigenvalue weighted by molar-refractivity contribution is 0.0991. The van der Waals surface area contributed by atoms with Crippen molar-refractivity contribution in [2.24, 2.45) is 0 Å². The Bertz CT molecular complexity index is 733. The molecular weight excluding hydrogens is 338 g/mol. The van der Waals surface area contributed by atoms with Gasteiger partial charge in [-0.05, 0) is 22.0 Å². The Morgan fingerprint density at radius 3 is 2.75 bits per heavy atom. The van der Waals surface area contributed by atoms with Gasteiger partial charge in [-0.15, -0.1) is 11.3 Å². The maximum Gasteiger partial charge on any atom is 0.179 e. The van der Waals surface area contributed by atoms with E-state index in [1.54, 1.807) is 6.07 Å². The van der Waals surface area contributed by atoms with E-state index in [2.05, 4.69) is 20.9 Å². The summed E-state index contributed by atoms with van der Waals surface area (Å²) in [4.78, 5) is 16.6. The van der Waals surface area contributed by atoms with E-state index in [9.17, 15) is 4.79 Å². The molecule has 0 unspecified atom stereocenters. The first-order valence-corrected chi connectivity index (χ1v) is 7.67. The molecule has 20 heavy (non-hydrogen) atoms. The highest BCUT2D eigenvalue weighted by Crippen LogP contribution is 2.24. The number of hydrogen-bond donors (Lipinski definition) is 0. The molecule has 0 aliphatic heterocycles. The molecule has 0 bridgehead atoms. The fraction of sp³-hybridized carbons (Fsp3) is 0.0667. The Labute approximate surface area is 128 Å². The number of Topliss-reactive ketones (excluding diaryl/α,β-unsaturated/α-hetero) is 1. The standard InChI is InChI=1S/C15H10BrNO2S/c16-15-11(6-7-19-15)13(18)8-14-17-12(9-20-14)10-4-2-1-3-5-10/h1-7,9H,8H2. The minimum Gasteiger partial charge on any atom is -0.457 e. The van der Waals surface area contributed by atoms with Crippen LogP contribution in [0.4, 0.5) is 0 Å². The zero-order valence-electron chi connectivity index (χ0n) is 10.4. The summed E-state index contributed by atoms with van der Waals surface area (Å²) < 4.78 is 5.55. The fourth-order valence-corrected chi connectivity index (χ4v) is 3.12. The number of furan rings is 1. The first-order chi connectivity index (χ1) is 9.74. The second kappa shape index (κ2) is 5.73. The number of halogens is 1. The quantitative estimate of drug-likeness (QED) is 0.648. The van der Waals surface area contributed by atoms with E-state index in [-0.39, 0.29) is 12.2 Å². The minimum atomic E-state index is -0.000383. The van der Waals surface area contributed by atoms with E-state index in [0.29, 0.717) is 10.2 Å². The largest absolute Gasteiger partial charge is 0.457 e. The Kier molecular flexibility index (Phi) is 3.80. The van der Waals surface area contributed by atoms with Crippen molar-refractivity contribution in [1.29, 1.82) is 0 Å². The van der Waals surface area contributed by atoms with Crippen LogP contribution in [0.25, 0.3) is 11.3 Å². The van der Waals surface area contributed by atoms with Crippen molar-refractivity contribution in [2.45, 2.75) is 6.42 Å². The van der Waals surface area contributed by atoms with Crippen molar-refractivity contribution >= 4 is 33.0 Å². The molecular formula is C15H10BrNO2S. The molecule has 0 saturated carbocycles. The maximum absolute atomic E-state index is 12.1. The second-order valence-corrected chi connectivity index (χ2v) is 5.86. The molecule has 0 fully saturated rings. The number of ketones is 1. The maximum atomic E-state index is 12.1. The van der Waals surface area contributed by atoms with Gasteiger partial charge in [0.2, 0.25) is 0 Å². The van der Waals surface area contributed by atoms with E-state index >= 15 is 0 Å². The average Bonchev–Trinajstić information content (AvgIpc) is 3.09. The predicted octanol–water partition coefficient (Wildman–Crippen LogP) is 4.59. The highest BCUT2D eigenvalue weighted by molar-refractivity contribution is 9.10. The van der Waals surface area contributed by atoms with Crippen LogP contribution in [-0.4, -0.2) is 10.8 Å². The molecule has 5 heteroatoms. The summed E-state index contributed by atoms with van der Waals surface area (Å²) in [5.41, 5.74) is 2.53. The molecule has 0 amide bonds. The molecule has 3 rings (SSSR count). The van der Waals surface area contributed by atoms with Gasteiger partial charge in [-0.3, -0.25) is 4.79 Å². The van der Waals surface area contributed by atoms with E-state index < -0.39 is 0 Å². The Balaban J connectivity index is 1.78. The molecule has 0 atom stereocenters. The van der Waals surface area contributed by atoms with Crippen molar-refractivity contribution in [3.63, 3.8) is 0 Å². The van der Waals surface area contributed by atoms with Gasteiger partial charge in [0, 0.05) is 10.9 Å². The number of carbonyl (C=O) groups excluding carboxylic acids is 1. The van der Waals surface area contributed by atoms with Gasteiger partial charge in [-0.1, -0.05) is 30.3 Å². The smallest absolute Gasteiger partial charge is 0.179 e. The van der Waals surface area contributed by atoms with Gasteiger partial charge in [0.1, 0.15) is 5.01 Å². The van der Waals surface area contributed by atoms with Gasteiger partial charge in [-0.25, -0.2) is 4.98 Å². The lowest BCUT2D eigenvalue weighted by Gasteiger charge is -1.96. The van der Waals surface area contributed by atoms with E-state index in [1.807, 2.05) is 35.7 Å². The van der Waals surface area contributed by atoms with Crippen LogP contribution >= 0.6 is 27.3 Å². The topological polar surface area (TPSA) is 43.1 Å². The van der Waals surface area contributed by atoms with Crippen LogP contribution in [0.5, 0.6) is 0 Å². The first kappa shape index (κ1) is 13.3. The van der Waals surface area contributed by atoms with Crippen molar-refractivity contribution < 1.29 is 9.21 Å². The predicted molar refractivity (Wildman–Crippen MR) is 82.0 cm³/mol. The monoisotopic (exact) mass is 347 g/mol. The van der Waals surface area contributed by atoms with Gasteiger partial charge in [0.05, 0.1) is 23.9 Å². The van der Waals surface area contributed by atoms with Crippen LogP contribution in [0, 0.1) is 0 Å². The third-order valence-electron chi connectivity index (χ3n) is 2.85. The van der Waals surface area contributed by atoms with Gasteiger partial charge >= 0.3 is 0 Å². The summed E-state index contributed by atoms with van der Waals surface area (Å²) >= 11 is 4.72. The minimum absolute atomic E-state index is 0.000383. The SMILES string of the molecule is O=C(Cc1nc(-c2ccccc2)cs1)c1ccoc1Br. The number of rotatable bonds is 4. The number of carbonyl (C=O) groups is 1. The molecule has 2 aromatic heterocycles. The normalized spacial score (nSPS) is 10.7. The molecule has 2 heterocycles. The highest BCUT2D eigenvalue weighted by Gasteiger charge is 2.15. The summed E-state index contributed by atoms with van der Waals surface area (Å²) in [6.07, 6.45) is 1.78. The van der Waals surface area contributed by atoms with E-state index in [1.165, 1.54) is 17.6 Å². The molecule has 0 spiro atoms. The Hall–Kier alpha value is -1.72. The van der Waals surface area contributed by atoms with Crippen LogP contribution in [0.1, 0.15) is 15.4 Å².